The number of amides is 1. The van der Waals surface area contributed by atoms with E-state index >= 15 is 0 Å². The van der Waals surface area contributed by atoms with Crippen LogP contribution in [0.4, 0.5) is 0 Å². The molecule has 23 heavy (non-hydrogen) atoms. The lowest BCUT2D eigenvalue weighted by atomic mass is 10.2. The van der Waals surface area contributed by atoms with Crippen molar-refractivity contribution in [3.63, 3.8) is 0 Å². The molecule has 1 aliphatic heterocycles. The van der Waals surface area contributed by atoms with Crippen LogP contribution in [0.15, 0.2) is 33.9 Å². The molecule has 3 rings (SSSR count). The highest BCUT2D eigenvalue weighted by Gasteiger charge is 2.29. The summed E-state index contributed by atoms with van der Waals surface area (Å²) in [6.07, 6.45) is 1.79. The molecule has 1 aromatic carbocycles. The van der Waals surface area contributed by atoms with E-state index in [4.69, 9.17) is 16.0 Å². The van der Waals surface area contributed by atoms with Crippen LogP contribution in [0.3, 0.4) is 0 Å². The van der Waals surface area contributed by atoms with Crippen LogP contribution in [0.1, 0.15) is 12.8 Å². The second kappa shape index (κ2) is 6.29. The number of halogens is 1. The molecule has 1 saturated heterocycles. The van der Waals surface area contributed by atoms with Gasteiger partial charge in [0.25, 0.3) is 0 Å². The van der Waals surface area contributed by atoms with Crippen LogP contribution < -0.4 is 0 Å². The molecule has 2 aromatic rings. The topological polar surface area (TPSA) is 93.4 Å². The normalized spacial score (nSPS) is 15.1. The minimum Gasteiger partial charge on any atom is -0.408 e. The molecule has 2 heterocycles. The number of carbonyl (C=O) groups is 1. The van der Waals surface area contributed by atoms with Crippen LogP contribution in [0.2, 0.25) is 5.02 Å². The van der Waals surface area contributed by atoms with Gasteiger partial charge in [-0.1, -0.05) is 22.8 Å². The number of hydrogen-bond donors (Lipinski definition) is 0. The first-order chi connectivity index (χ1) is 11.0. The Labute approximate surface area is 138 Å². The molecule has 0 atom stereocenters. The van der Waals surface area contributed by atoms with Crippen molar-refractivity contribution < 1.29 is 17.6 Å². The van der Waals surface area contributed by atoms with Crippen LogP contribution in [0, 0.1) is 0 Å². The van der Waals surface area contributed by atoms with Gasteiger partial charge in [-0.25, -0.2) is 8.42 Å². The van der Waals surface area contributed by atoms with Gasteiger partial charge < -0.3 is 9.32 Å². The lowest BCUT2D eigenvalue weighted by Gasteiger charge is -2.13. The van der Waals surface area contributed by atoms with Gasteiger partial charge in [0.1, 0.15) is 5.75 Å². The average Bonchev–Trinajstić information content (AvgIpc) is 3.19. The maximum absolute atomic E-state index is 12.2. The quantitative estimate of drug-likeness (QED) is 0.830. The summed E-state index contributed by atoms with van der Waals surface area (Å²) in [6.45, 7) is 1.18. The van der Waals surface area contributed by atoms with E-state index in [0.29, 0.717) is 23.7 Å². The SMILES string of the molecule is O=C(CS(=O)(=O)c1nnc(-c2cccc(Cl)c2)o1)N1CCCC1. The van der Waals surface area contributed by atoms with E-state index in [1.165, 1.54) is 4.90 Å². The predicted molar refractivity (Wildman–Crippen MR) is 82.6 cm³/mol. The maximum atomic E-state index is 12.2. The third-order valence-corrected chi connectivity index (χ3v) is 5.08. The highest BCUT2D eigenvalue weighted by molar-refractivity contribution is 7.91. The number of rotatable bonds is 4. The van der Waals surface area contributed by atoms with E-state index in [1.807, 2.05) is 0 Å². The summed E-state index contributed by atoms with van der Waals surface area (Å²) in [5.41, 5.74) is 0.511. The first kappa shape index (κ1) is 15.9. The van der Waals surface area contributed by atoms with Gasteiger partial charge >= 0.3 is 5.22 Å². The number of likely N-dealkylation sites (tertiary alicyclic amines) is 1. The Hall–Kier alpha value is -1.93. The van der Waals surface area contributed by atoms with Crippen LogP contribution in [-0.4, -0.2) is 48.3 Å². The summed E-state index contributed by atoms with van der Waals surface area (Å²) in [5, 5.41) is 7.19. The Morgan fingerprint density at radius 3 is 2.70 bits per heavy atom. The molecule has 1 aliphatic rings. The van der Waals surface area contributed by atoms with Crippen molar-refractivity contribution in [3.8, 4) is 11.5 Å². The van der Waals surface area contributed by atoms with E-state index in [1.54, 1.807) is 24.3 Å². The maximum Gasteiger partial charge on any atom is 0.336 e. The van der Waals surface area contributed by atoms with Crippen molar-refractivity contribution in [2.45, 2.75) is 18.1 Å². The van der Waals surface area contributed by atoms with Gasteiger partial charge in [-0.05, 0) is 31.0 Å². The van der Waals surface area contributed by atoms with E-state index in [9.17, 15) is 13.2 Å². The minimum absolute atomic E-state index is 0.0414. The largest absolute Gasteiger partial charge is 0.408 e. The average molecular weight is 356 g/mol. The molecule has 0 unspecified atom stereocenters. The zero-order chi connectivity index (χ0) is 16.4. The summed E-state index contributed by atoms with van der Waals surface area (Å²) >= 11 is 5.87. The summed E-state index contributed by atoms with van der Waals surface area (Å²) in [7, 11) is -3.96. The zero-order valence-electron chi connectivity index (χ0n) is 12.1. The lowest BCUT2D eigenvalue weighted by Crippen LogP contribution is -2.33. The molecule has 122 valence electrons. The molecule has 0 saturated carbocycles. The van der Waals surface area contributed by atoms with Gasteiger partial charge in [-0.3, -0.25) is 4.79 Å². The first-order valence-corrected chi connectivity index (χ1v) is 9.09. The smallest absolute Gasteiger partial charge is 0.336 e. The summed E-state index contributed by atoms with van der Waals surface area (Å²) in [4.78, 5) is 13.5. The van der Waals surface area contributed by atoms with Crippen molar-refractivity contribution in [3.05, 3.63) is 29.3 Å². The molecule has 0 N–H and O–H groups in total. The van der Waals surface area contributed by atoms with Crippen molar-refractivity contribution in [2.24, 2.45) is 0 Å². The molecular formula is C14H14ClN3O4S. The zero-order valence-corrected chi connectivity index (χ0v) is 13.7. The van der Waals surface area contributed by atoms with Crippen molar-refractivity contribution in [1.29, 1.82) is 0 Å². The fourth-order valence-corrected chi connectivity index (χ4v) is 3.55. The van der Waals surface area contributed by atoms with Crippen LogP contribution in [-0.2, 0) is 14.6 Å². The van der Waals surface area contributed by atoms with Gasteiger partial charge in [-0.2, -0.15) is 0 Å². The third kappa shape index (κ3) is 3.53. The van der Waals surface area contributed by atoms with Crippen LogP contribution >= 0.6 is 11.6 Å². The minimum atomic E-state index is -3.96. The van der Waals surface area contributed by atoms with Gasteiger partial charge in [-0.15, -0.1) is 5.10 Å². The molecule has 9 heteroatoms. The lowest BCUT2D eigenvalue weighted by molar-refractivity contribution is -0.127. The summed E-state index contributed by atoms with van der Waals surface area (Å²) in [6, 6.07) is 6.62. The second-order valence-corrected chi connectivity index (χ2v) is 7.53. The van der Waals surface area contributed by atoms with E-state index in [2.05, 4.69) is 10.2 Å². The summed E-state index contributed by atoms with van der Waals surface area (Å²) < 4.78 is 29.7. The predicted octanol–water partition coefficient (Wildman–Crippen LogP) is 1.79. The molecule has 0 radical (unpaired) electrons. The number of sulfone groups is 1. The van der Waals surface area contributed by atoms with Crippen molar-refractivity contribution in [2.75, 3.05) is 18.8 Å². The Morgan fingerprint density at radius 1 is 1.26 bits per heavy atom. The molecule has 1 amide bonds. The molecule has 0 bridgehead atoms. The Morgan fingerprint density at radius 2 is 2.00 bits per heavy atom. The number of benzene rings is 1. The van der Waals surface area contributed by atoms with Crippen molar-refractivity contribution >= 4 is 27.3 Å². The molecule has 0 spiro atoms. The molecule has 7 nitrogen and oxygen atoms in total. The Bertz CT molecular complexity index is 828. The van der Waals surface area contributed by atoms with E-state index in [0.717, 1.165) is 12.8 Å². The van der Waals surface area contributed by atoms with E-state index in [-0.39, 0.29) is 5.89 Å². The molecular weight excluding hydrogens is 342 g/mol. The van der Waals surface area contributed by atoms with Crippen LogP contribution in [0.25, 0.3) is 11.5 Å². The molecule has 1 fully saturated rings. The molecule has 1 aromatic heterocycles. The van der Waals surface area contributed by atoms with Crippen molar-refractivity contribution in [1.82, 2.24) is 15.1 Å². The highest BCUT2D eigenvalue weighted by Crippen LogP contribution is 2.23. The number of aromatic nitrogens is 2. The van der Waals surface area contributed by atoms with Gasteiger partial charge in [0.15, 0.2) is 0 Å². The molecule has 0 aliphatic carbocycles. The first-order valence-electron chi connectivity index (χ1n) is 7.06. The number of carbonyl (C=O) groups excluding carboxylic acids is 1. The van der Waals surface area contributed by atoms with Gasteiger partial charge in [0.2, 0.25) is 21.6 Å². The number of hydrogen-bond acceptors (Lipinski definition) is 6. The Balaban J connectivity index is 1.79. The number of nitrogens with zero attached hydrogens (tertiary/aromatic N) is 3. The van der Waals surface area contributed by atoms with Gasteiger partial charge in [0, 0.05) is 23.7 Å². The van der Waals surface area contributed by atoms with Crippen LogP contribution in [0.5, 0.6) is 0 Å². The highest BCUT2D eigenvalue weighted by atomic mass is 35.5. The van der Waals surface area contributed by atoms with E-state index < -0.39 is 26.7 Å². The van der Waals surface area contributed by atoms with Gasteiger partial charge in [0.05, 0.1) is 0 Å². The summed E-state index contributed by atoms with van der Waals surface area (Å²) in [5.74, 6) is -1.06. The monoisotopic (exact) mass is 355 g/mol. The third-order valence-electron chi connectivity index (χ3n) is 3.52. The standard InChI is InChI=1S/C14H14ClN3O4S/c15-11-5-3-4-10(8-11)13-16-17-14(22-13)23(20,21)9-12(19)18-6-1-2-7-18/h3-5,8H,1-2,6-7,9H2. The Kier molecular flexibility index (Phi) is 4.36. The second-order valence-electron chi connectivity index (χ2n) is 5.23. The fourth-order valence-electron chi connectivity index (χ4n) is 2.36. The fraction of sp³-hybridized carbons (Fsp3) is 0.357.